The summed E-state index contributed by atoms with van der Waals surface area (Å²) < 4.78 is 44.1. The second kappa shape index (κ2) is 9.83. The average molecular weight is 469 g/mol. The van der Waals surface area contributed by atoms with E-state index in [9.17, 15) is 13.2 Å². The molecular weight excluding hydrogens is 444 g/mol. The van der Waals surface area contributed by atoms with Crippen molar-refractivity contribution in [3.8, 4) is 17.2 Å². The van der Waals surface area contributed by atoms with Crippen molar-refractivity contribution < 1.29 is 27.4 Å². The van der Waals surface area contributed by atoms with E-state index in [1.807, 2.05) is 25.1 Å². The second-order valence-electron chi connectivity index (χ2n) is 7.25. The molecule has 0 radical (unpaired) electrons. The van der Waals surface area contributed by atoms with Crippen LogP contribution < -0.4 is 24.2 Å². The van der Waals surface area contributed by atoms with Crippen molar-refractivity contribution in [3.63, 3.8) is 0 Å². The van der Waals surface area contributed by atoms with Crippen molar-refractivity contribution in [2.45, 2.75) is 18.4 Å². The maximum Gasteiger partial charge on any atom is 0.261 e. The summed E-state index contributed by atoms with van der Waals surface area (Å²) in [6, 6.07) is 17.9. The minimum absolute atomic E-state index is 0.118. The number of fused-ring (bicyclic) bond motifs is 1. The largest absolute Gasteiger partial charge is 0.494 e. The summed E-state index contributed by atoms with van der Waals surface area (Å²) in [5, 5.41) is 2.85. The normalized spacial score (nSPS) is 12.6. The fraction of sp³-hybridized carbons (Fsp3) is 0.208. The number of ether oxygens (including phenoxy) is 3. The van der Waals surface area contributed by atoms with Gasteiger partial charge in [0, 0.05) is 17.8 Å². The molecule has 2 N–H and O–H groups in total. The Morgan fingerprint density at radius 3 is 2.33 bits per heavy atom. The van der Waals surface area contributed by atoms with E-state index in [1.165, 1.54) is 12.1 Å². The molecule has 8 nitrogen and oxygen atoms in total. The van der Waals surface area contributed by atoms with Gasteiger partial charge in [-0.05, 0) is 73.2 Å². The highest BCUT2D eigenvalue weighted by molar-refractivity contribution is 7.92. The fourth-order valence-electron chi connectivity index (χ4n) is 3.27. The Morgan fingerprint density at radius 2 is 1.64 bits per heavy atom. The van der Waals surface area contributed by atoms with Crippen LogP contribution in [-0.2, 0) is 16.6 Å². The number of rotatable bonds is 8. The van der Waals surface area contributed by atoms with Gasteiger partial charge in [-0.15, -0.1) is 0 Å². The highest BCUT2D eigenvalue weighted by Gasteiger charge is 2.15. The van der Waals surface area contributed by atoms with E-state index >= 15 is 0 Å². The molecular formula is C24H24N2O6S. The first kappa shape index (κ1) is 22.5. The molecule has 1 aliphatic rings. The summed E-state index contributed by atoms with van der Waals surface area (Å²) in [7, 11) is -3.76. The molecule has 0 bridgehead atoms. The Bertz CT molecular complexity index is 1220. The number of carbonyl (C=O) groups excluding carboxylic acids is 1. The van der Waals surface area contributed by atoms with Crippen molar-refractivity contribution in [1.29, 1.82) is 0 Å². The highest BCUT2D eigenvalue weighted by Crippen LogP contribution is 2.30. The summed E-state index contributed by atoms with van der Waals surface area (Å²) in [6.07, 6.45) is 0. The van der Waals surface area contributed by atoms with E-state index in [0.717, 1.165) is 5.56 Å². The lowest BCUT2D eigenvalue weighted by atomic mass is 10.1. The van der Waals surface area contributed by atoms with Crippen LogP contribution >= 0.6 is 0 Å². The Hall–Kier alpha value is -3.72. The van der Waals surface area contributed by atoms with Gasteiger partial charge in [0.1, 0.15) is 19.0 Å². The zero-order valence-electron chi connectivity index (χ0n) is 18.0. The van der Waals surface area contributed by atoms with Crippen molar-refractivity contribution >= 4 is 21.6 Å². The van der Waals surface area contributed by atoms with Gasteiger partial charge in [-0.1, -0.05) is 6.07 Å². The van der Waals surface area contributed by atoms with Crippen LogP contribution in [0.4, 0.5) is 5.69 Å². The molecule has 0 unspecified atom stereocenters. The van der Waals surface area contributed by atoms with E-state index in [2.05, 4.69) is 10.0 Å². The van der Waals surface area contributed by atoms with Crippen LogP contribution in [0.25, 0.3) is 0 Å². The number of amides is 1. The lowest BCUT2D eigenvalue weighted by molar-refractivity contribution is 0.0951. The predicted molar refractivity (Wildman–Crippen MR) is 123 cm³/mol. The van der Waals surface area contributed by atoms with Crippen LogP contribution in [0.5, 0.6) is 17.2 Å². The Morgan fingerprint density at radius 1 is 0.939 bits per heavy atom. The van der Waals surface area contributed by atoms with Gasteiger partial charge in [-0.2, -0.15) is 0 Å². The van der Waals surface area contributed by atoms with Crippen LogP contribution in [0.2, 0.25) is 0 Å². The number of hydrogen-bond acceptors (Lipinski definition) is 6. The van der Waals surface area contributed by atoms with Gasteiger partial charge in [0.2, 0.25) is 0 Å². The van der Waals surface area contributed by atoms with E-state index < -0.39 is 10.0 Å². The molecule has 0 aromatic heterocycles. The molecule has 0 atom stereocenters. The third kappa shape index (κ3) is 5.56. The third-order valence-electron chi connectivity index (χ3n) is 4.90. The maximum absolute atomic E-state index is 12.6. The van der Waals surface area contributed by atoms with E-state index in [1.54, 1.807) is 36.4 Å². The summed E-state index contributed by atoms with van der Waals surface area (Å²) in [4.78, 5) is 12.6. The lowest BCUT2D eigenvalue weighted by Crippen LogP contribution is -2.23. The summed E-state index contributed by atoms with van der Waals surface area (Å²) in [5.41, 5.74) is 1.65. The molecule has 3 aromatic rings. The molecule has 1 amide bonds. The van der Waals surface area contributed by atoms with Gasteiger partial charge >= 0.3 is 0 Å². The molecule has 0 saturated heterocycles. The predicted octanol–water partition coefficient (Wildman–Crippen LogP) is 3.59. The topological polar surface area (TPSA) is 103 Å². The standard InChI is InChI=1S/C24H24N2O6S/c1-2-30-20-8-10-21(11-9-20)33(28,29)26-19-6-4-18(5-7-19)24(27)25-16-17-3-12-22-23(15-17)32-14-13-31-22/h3-12,15,26H,2,13-14,16H2,1H3,(H,25,27). The Kier molecular flexibility index (Phi) is 6.69. The number of anilines is 1. The minimum atomic E-state index is -3.76. The molecule has 1 aliphatic heterocycles. The smallest absolute Gasteiger partial charge is 0.261 e. The molecule has 33 heavy (non-hydrogen) atoms. The van der Waals surface area contributed by atoms with Gasteiger partial charge < -0.3 is 19.5 Å². The van der Waals surface area contributed by atoms with Crippen molar-refractivity contribution in [2.75, 3.05) is 24.5 Å². The van der Waals surface area contributed by atoms with E-state index in [0.29, 0.717) is 54.9 Å². The molecule has 0 fully saturated rings. The fourth-order valence-corrected chi connectivity index (χ4v) is 4.33. The van der Waals surface area contributed by atoms with Crippen molar-refractivity contribution in [1.82, 2.24) is 5.32 Å². The lowest BCUT2D eigenvalue weighted by Gasteiger charge is -2.19. The SMILES string of the molecule is CCOc1ccc(S(=O)(=O)Nc2ccc(C(=O)NCc3ccc4c(c3)OCCO4)cc2)cc1. The first-order chi connectivity index (χ1) is 15.9. The molecule has 9 heteroatoms. The minimum Gasteiger partial charge on any atom is -0.494 e. The Balaban J connectivity index is 1.35. The third-order valence-corrected chi connectivity index (χ3v) is 6.30. The van der Waals surface area contributed by atoms with Crippen LogP contribution in [0, 0.1) is 0 Å². The molecule has 0 aliphatic carbocycles. The van der Waals surface area contributed by atoms with Crippen molar-refractivity contribution in [3.05, 3.63) is 77.9 Å². The molecule has 4 rings (SSSR count). The van der Waals surface area contributed by atoms with Gasteiger partial charge in [0.25, 0.3) is 15.9 Å². The highest BCUT2D eigenvalue weighted by atomic mass is 32.2. The molecule has 1 heterocycles. The molecule has 0 spiro atoms. The summed E-state index contributed by atoms with van der Waals surface area (Å²) in [5.74, 6) is 1.69. The van der Waals surface area contributed by atoms with Gasteiger partial charge in [-0.25, -0.2) is 8.42 Å². The maximum atomic E-state index is 12.6. The zero-order chi connectivity index (χ0) is 23.3. The number of benzene rings is 3. The van der Waals surface area contributed by atoms with E-state index in [4.69, 9.17) is 14.2 Å². The Labute approximate surface area is 192 Å². The zero-order valence-corrected chi connectivity index (χ0v) is 18.9. The van der Waals surface area contributed by atoms with Gasteiger partial charge in [0.15, 0.2) is 11.5 Å². The summed E-state index contributed by atoms with van der Waals surface area (Å²) in [6.45, 7) is 3.70. The number of nitrogens with one attached hydrogen (secondary N) is 2. The number of hydrogen-bond donors (Lipinski definition) is 2. The van der Waals surface area contributed by atoms with Gasteiger partial charge in [0.05, 0.1) is 11.5 Å². The quantitative estimate of drug-likeness (QED) is 0.524. The summed E-state index contributed by atoms with van der Waals surface area (Å²) >= 11 is 0. The van der Waals surface area contributed by atoms with Crippen molar-refractivity contribution in [2.24, 2.45) is 0 Å². The second-order valence-corrected chi connectivity index (χ2v) is 8.93. The van der Waals surface area contributed by atoms with Gasteiger partial charge in [-0.3, -0.25) is 9.52 Å². The molecule has 0 saturated carbocycles. The number of carbonyl (C=O) groups is 1. The molecule has 3 aromatic carbocycles. The molecule has 172 valence electrons. The monoisotopic (exact) mass is 468 g/mol. The van der Waals surface area contributed by atoms with Crippen LogP contribution in [0.3, 0.4) is 0 Å². The van der Waals surface area contributed by atoms with Crippen LogP contribution in [0.15, 0.2) is 71.6 Å². The van der Waals surface area contributed by atoms with E-state index in [-0.39, 0.29) is 10.8 Å². The first-order valence-corrected chi connectivity index (χ1v) is 12.0. The van der Waals surface area contributed by atoms with Crippen LogP contribution in [-0.4, -0.2) is 34.1 Å². The van der Waals surface area contributed by atoms with Crippen LogP contribution in [0.1, 0.15) is 22.8 Å². The first-order valence-electron chi connectivity index (χ1n) is 10.5. The average Bonchev–Trinajstić information content (AvgIpc) is 2.83. The number of sulfonamides is 1.